The summed E-state index contributed by atoms with van der Waals surface area (Å²) >= 11 is 0. The van der Waals surface area contributed by atoms with Crippen molar-refractivity contribution in [3.05, 3.63) is 59.9 Å². The largest absolute Gasteiger partial charge is 0.496 e. The molecule has 0 aliphatic heterocycles. The number of nitrogens with zero attached hydrogens (tertiary/aromatic N) is 1. The van der Waals surface area contributed by atoms with Gasteiger partial charge in [0.1, 0.15) is 5.75 Å². The molecule has 2 rings (SSSR count). The van der Waals surface area contributed by atoms with Gasteiger partial charge in [-0.05, 0) is 37.6 Å². The molecule has 1 aromatic heterocycles. The van der Waals surface area contributed by atoms with Crippen LogP contribution in [0.25, 0.3) is 0 Å². The summed E-state index contributed by atoms with van der Waals surface area (Å²) in [5, 5.41) is 3.58. The molecule has 0 aliphatic rings. The average Bonchev–Trinajstić information content (AvgIpc) is 2.48. The number of para-hydroxylation sites is 1. The molecule has 0 saturated carbocycles. The van der Waals surface area contributed by atoms with Crippen LogP contribution in [0.2, 0.25) is 0 Å². The topological polar surface area (TPSA) is 34.1 Å². The van der Waals surface area contributed by atoms with Crippen LogP contribution >= 0.6 is 0 Å². The van der Waals surface area contributed by atoms with E-state index in [1.54, 1.807) is 7.11 Å². The molecule has 100 valence electrons. The monoisotopic (exact) mass is 256 g/mol. The molecular formula is C16H20N2O. The zero-order chi connectivity index (χ0) is 13.7. The molecule has 2 unspecified atom stereocenters. The van der Waals surface area contributed by atoms with Crippen LogP contribution in [-0.2, 0) is 0 Å². The van der Waals surface area contributed by atoms with Crippen molar-refractivity contribution in [2.45, 2.75) is 25.9 Å². The lowest BCUT2D eigenvalue weighted by atomic mass is 10.0. The second-order valence-electron chi connectivity index (χ2n) is 4.63. The molecule has 2 atom stereocenters. The highest BCUT2D eigenvalue weighted by molar-refractivity contribution is 5.35. The predicted octanol–water partition coefficient (Wildman–Crippen LogP) is 3.50. The van der Waals surface area contributed by atoms with E-state index in [1.807, 2.05) is 42.7 Å². The van der Waals surface area contributed by atoms with Crippen molar-refractivity contribution < 1.29 is 4.74 Å². The molecule has 3 heteroatoms. The lowest BCUT2D eigenvalue weighted by molar-refractivity contribution is 0.396. The van der Waals surface area contributed by atoms with Gasteiger partial charge < -0.3 is 10.1 Å². The van der Waals surface area contributed by atoms with Crippen LogP contribution in [0, 0.1) is 0 Å². The lowest BCUT2D eigenvalue weighted by Gasteiger charge is -2.22. The fraction of sp³-hybridized carbons (Fsp3) is 0.312. The fourth-order valence-electron chi connectivity index (χ4n) is 2.24. The zero-order valence-corrected chi connectivity index (χ0v) is 11.6. The van der Waals surface area contributed by atoms with E-state index in [4.69, 9.17) is 4.74 Å². The Bertz CT molecular complexity index is 513. The fourth-order valence-corrected chi connectivity index (χ4v) is 2.24. The number of nitrogens with one attached hydrogen (secondary N) is 1. The molecule has 3 nitrogen and oxygen atoms in total. The van der Waals surface area contributed by atoms with Crippen LogP contribution in [0.1, 0.15) is 37.1 Å². The normalized spacial score (nSPS) is 13.8. The van der Waals surface area contributed by atoms with Gasteiger partial charge in [-0.1, -0.05) is 18.2 Å². The molecule has 2 aromatic rings. The smallest absolute Gasteiger partial charge is 0.123 e. The van der Waals surface area contributed by atoms with Gasteiger partial charge in [0.2, 0.25) is 0 Å². The van der Waals surface area contributed by atoms with Gasteiger partial charge in [-0.2, -0.15) is 0 Å². The first-order valence-electron chi connectivity index (χ1n) is 6.51. The van der Waals surface area contributed by atoms with Crippen molar-refractivity contribution in [3.63, 3.8) is 0 Å². The maximum absolute atomic E-state index is 5.40. The highest BCUT2D eigenvalue weighted by Crippen LogP contribution is 2.26. The molecule has 0 bridgehead atoms. The van der Waals surface area contributed by atoms with E-state index < -0.39 is 0 Å². The van der Waals surface area contributed by atoms with Crippen molar-refractivity contribution >= 4 is 0 Å². The average molecular weight is 256 g/mol. The number of hydrogen-bond donors (Lipinski definition) is 1. The summed E-state index contributed by atoms with van der Waals surface area (Å²) in [6.07, 6.45) is 3.64. The number of hydrogen-bond acceptors (Lipinski definition) is 3. The predicted molar refractivity (Wildman–Crippen MR) is 77.2 cm³/mol. The third kappa shape index (κ3) is 3.32. The Balaban J connectivity index is 2.11. The van der Waals surface area contributed by atoms with Crippen molar-refractivity contribution in [3.8, 4) is 5.75 Å². The van der Waals surface area contributed by atoms with E-state index in [9.17, 15) is 0 Å². The van der Waals surface area contributed by atoms with Gasteiger partial charge in [0.15, 0.2) is 0 Å². The van der Waals surface area contributed by atoms with Crippen molar-refractivity contribution in [1.29, 1.82) is 0 Å². The Morgan fingerprint density at radius 1 is 1.00 bits per heavy atom. The molecule has 1 N–H and O–H groups in total. The van der Waals surface area contributed by atoms with Gasteiger partial charge >= 0.3 is 0 Å². The Morgan fingerprint density at radius 2 is 1.68 bits per heavy atom. The molecule has 0 fully saturated rings. The van der Waals surface area contributed by atoms with Crippen LogP contribution in [0.15, 0.2) is 48.8 Å². The molecule has 0 spiro atoms. The highest BCUT2D eigenvalue weighted by Gasteiger charge is 2.14. The minimum atomic E-state index is 0.222. The molecule has 0 amide bonds. The minimum Gasteiger partial charge on any atom is -0.496 e. The second kappa shape index (κ2) is 6.34. The number of ether oxygens (including phenoxy) is 1. The van der Waals surface area contributed by atoms with Gasteiger partial charge in [0.05, 0.1) is 7.11 Å². The summed E-state index contributed by atoms with van der Waals surface area (Å²) < 4.78 is 5.40. The number of methoxy groups -OCH3 is 1. The number of rotatable bonds is 5. The number of aromatic nitrogens is 1. The molecule has 19 heavy (non-hydrogen) atoms. The summed E-state index contributed by atoms with van der Waals surface area (Å²) in [5.41, 5.74) is 2.41. The third-order valence-corrected chi connectivity index (χ3v) is 3.31. The molecule has 1 heterocycles. The van der Waals surface area contributed by atoms with Gasteiger partial charge in [-0.3, -0.25) is 4.98 Å². The van der Waals surface area contributed by atoms with Gasteiger partial charge in [-0.25, -0.2) is 0 Å². The first-order valence-corrected chi connectivity index (χ1v) is 6.51. The van der Waals surface area contributed by atoms with E-state index in [-0.39, 0.29) is 12.1 Å². The summed E-state index contributed by atoms with van der Waals surface area (Å²) in [7, 11) is 1.71. The molecule has 1 aromatic carbocycles. The van der Waals surface area contributed by atoms with E-state index in [0.717, 1.165) is 5.75 Å². The van der Waals surface area contributed by atoms with E-state index in [0.29, 0.717) is 0 Å². The van der Waals surface area contributed by atoms with Gasteiger partial charge in [0.25, 0.3) is 0 Å². The molecular weight excluding hydrogens is 236 g/mol. The lowest BCUT2D eigenvalue weighted by Crippen LogP contribution is -2.22. The van der Waals surface area contributed by atoms with Gasteiger partial charge in [0, 0.05) is 30.0 Å². The van der Waals surface area contributed by atoms with Crippen LogP contribution in [0.4, 0.5) is 0 Å². The van der Waals surface area contributed by atoms with Crippen LogP contribution in [0.5, 0.6) is 5.75 Å². The molecule has 0 aliphatic carbocycles. The van der Waals surface area contributed by atoms with Crippen LogP contribution in [-0.4, -0.2) is 12.1 Å². The Labute approximate surface area is 114 Å². The quantitative estimate of drug-likeness (QED) is 0.889. The minimum absolute atomic E-state index is 0.222. The van der Waals surface area contributed by atoms with Crippen molar-refractivity contribution in [2.75, 3.05) is 7.11 Å². The number of pyridine rings is 1. The van der Waals surface area contributed by atoms with Crippen LogP contribution in [0.3, 0.4) is 0 Å². The first-order chi connectivity index (χ1) is 9.22. The first kappa shape index (κ1) is 13.6. The van der Waals surface area contributed by atoms with Crippen LogP contribution < -0.4 is 10.1 Å². The van der Waals surface area contributed by atoms with E-state index >= 15 is 0 Å². The zero-order valence-electron chi connectivity index (χ0n) is 11.6. The summed E-state index contributed by atoms with van der Waals surface area (Å²) in [6, 6.07) is 12.7. The second-order valence-corrected chi connectivity index (χ2v) is 4.63. The maximum atomic E-state index is 5.40. The number of benzene rings is 1. The van der Waals surface area contributed by atoms with E-state index in [1.165, 1.54) is 11.1 Å². The van der Waals surface area contributed by atoms with Crippen molar-refractivity contribution in [1.82, 2.24) is 10.3 Å². The summed E-state index contributed by atoms with van der Waals surface area (Å²) in [6.45, 7) is 4.30. The third-order valence-electron chi connectivity index (χ3n) is 3.31. The Kier molecular flexibility index (Phi) is 4.53. The summed E-state index contributed by atoms with van der Waals surface area (Å²) in [4.78, 5) is 4.04. The Hall–Kier alpha value is -1.87. The highest BCUT2D eigenvalue weighted by atomic mass is 16.5. The van der Waals surface area contributed by atoms with Crippen molar-refractivity contribution in [2.24, 2.45) is 0 Å². The molecule has 0 saturated heterocycles. The van der Waals surface area contributed by atoms with E-state index in [2.05, 4.69) is 30.2 Å². The van der Waals surface area contributed by atoms with Gasteiger partial charge in [-0.15, -0.1) is 0 Å². The Morgan fingerprint density at radius 3 is 2.37 bits per heavy atom. The molecule has 0 radical (unpaired) electrons. The standard InChI is InChI=1S/C16H20N2O/c1-12(14-8-10-17-11-9-14)18-13(2)15-6-4-5-7-16(15)19-3/h4-13,18H,1-3H3. The maximum Gasteiger partial charge on any atom is 0.123 e. The summed E-state index contributed by atoms with van der Waals surface area (Å²) in [5.74, 6) is 0.921. The SMILES string of the molecule is COc1ccccc1C(C)NC(C)c1ccncc1.